The zero-order chi connectivity index (χ0) is 33.8. The standard InChI is InChI=1S/C37H49N9OS/c1-8-26-23-40-37(43-36(26)41-30-10-9-29-34(39-14-13-38-29)35(30)48-25(4)5)42-31-21-28(24(2)3)32(22-33(31)47-7)46-15-11-27(12-16-46)45-19-17-44(6)18-20-45/h8-10,13-14,21-25,27H,1,11-12,15-20H2,2-7H3,(H2,40,41,42,43). The maximum atomic E-state index is 5.97. The van der Waals surface area contributed by atoms with Crippen LogP contribution in [-0.4, -0.2) is 94.5 Å². The quantitative estimate of drug-likeness (QED) is 0.157. The molecule has 0 radical (unpaired) electrons. The zero-order valence-electron chi connectivity index (χ0n) is 29.2. The van der Waals surface area contributed by atoms with E-state index >= 15 is 0 Å². The van der Waals surface area contributed by atoms with E-state index in [0.717, 1.165) is 64.8 Å². The van der Waals surface area contributed by atoms with Gasteiger partial charge in [-0.2, -0.15) is 4.98 Å². The lowest BCUT2D eigenvalue weighted by atomic mass is 9.96. The maximum Gasteiger partial charge on any atom is 0.229 e. The number of benzene rings is 2. The number of thioether (sulfide) groups is 1. The van der Waals surface area contributed by atoms with E-state index in [2.05, 4.69) is 93.7 Å². The third-order valence-electron chi connectivity index (χ3n) is 9.31. The number of anilines is 5. The zero-order valence-corrected chi connectivity index (χ0v) is 30.0. The Kier molecular flexibility index (Phi) is 10.7. The van der Waals surface area contributed by atoms with Crippen LogP contribution in [0.4, 0.5) is 28.8 Å². The Morgan fingerprint density at radius 1 is 0.938 bits per heavy atom. The molecule has 0 amide bonds. The number of aromatic nitrogens is 4. The number of methoxy groups -OCH3 is 1. The SMILES string of the molecule is C=Cc1cnc(Nc2cc(C(C)C)c(N3CCC(N4CCN(C)CC4)CC3)cc2OC)nc1Nc1ccc2nccnc2c1SC(C)C. The number of likely N-dealkylation sites (N-methyl/N-ethyl adjacent to an activating group) is 1. The molecule has 0 spiro atoms. The Morgan fingerprint density at radius 3 is 2.38 bits per heavy atom. The summed E-state index contributed by atoms with van der Waals surface area (Å²) < 4.78 is 5.97. The number of nitrogens with one attached hydrogen (secondary N) is 2. The highest BCUT2D eigenvalue weighted by atomic mass is 32.2. The Morgan fingerprint density at radius 2 is 1.69 bits per heavy atom. The second-order valence-corrected chi connectivity index (χ2v) is 14.9. The Hall–Kier alpha value is -3.93. The fourth-order valence-corrected chi connectivity index (χ4v) is 7.65. The highest BCUT2D eigenvalue weighted by Crippen LogP contribution is 2.41. The average Bonchev–Trinajstić information content (AvgIpc) is 3.09. The van der Waals surface area contributed by atoms with Gasteiger partial charge in [-0.05, 0) is 49.6 Å². The van der Waals surface area contributed by atoms with Gasteiger partial charge in [-0.25, -0.2) is 4.98 Å². The van der Waals surface area contributed by atoms with Crippen molar-refractivity contribution in [2.45, 2.75) is 62.6 Å². The van der Waals surface area contributed by atoms with E-state index in [4.69, 9.17) is 9.72 Å². The van der Waals surface area contributed by atoms with Crippen molar-refractivity contribution in [1.82, 2.24) is 29.7 Å². The molecule has 4 aromatic rings. The van der Waals surface area contributed by atoms with E-state index < -0.39 is 0 Å². The molecule has 2 aliphatic heterocycles. The first-order valence-corrected chi connectivity index (χ1v) is 17.9. The molecular weight excluding hydrogens is 619 g/mol. The van der Waals surface area contributed by atoms with Crippen LogP contribution < -0.4 is 20.3 Å². The molecule has 6 rings (SSSR count). The van der Waals surface area contributed by atoms with Crippen molar-refractivity contribution in [3.63, 3.8) is 0 Å². The van der Waals surface area contributed by atoms with Gasteiger partial charge in [0.05, 0.1) is 28.9 Å². The van der Waals surface area contributed by atoms with E-state index in [0.29, 0.717) is 29.0 Å². The number of piperidine rings is 1. The fourth-order valence-electron chi connectivity index (χ4n) is 6.66. The van der Waals surface area contributed by atoms with E-state index in [1.54, 1.807) is 43.5 Å². The van der Waals surface area contributed by atoms with Gasteiger partial charge in [0.25, 0.3) is 0 Å². The van der Waals surface area contributed by atoms with Gasteiger partial charge in [0.15, 0.2) is 0 Å². The summed E-state index contributed by atoms with van der Waals surface area (Å²) in [5.74, 6) is 2.22. The molecule has 2 aromatic heterocycles. The first kappa shape index (κ1) is 34.0. The summed E-state index contributed by atoms with van der Waals surface area (Å²) in [6.07, 6.45) is 9.38. The van der Waals surface area contributed by atoms with Crippen LogP contribution in [0, 0.1) is 0 Å². The number of piperazine rings is 1. The molecule has 0 saturated carbocycles. The van der Waals surface area contributed by atoms with Gasteiger partial charge in [-0.15, -0.1) is 11.8 Å². The molecule has 2 aromatic carbocycles. The first-order chi connectivity index (χ1) is 23.2. The van der Waals surface area contributed by atoms with Crippen molar-refractivity contribution >= 4 is 57.7 Å². The molecule has 0 bridgehead atoms. The van der Waals surface area contributed by atoms with E-state index in [-0.39, 0.29) is 0 Å². The lowest BCUT2D eigenvalue weighted by Crippen LogP contribution is -2.52. The van der Waals surface area contributed by atoms with Crippen LogP contribution in [0.1, 0.15) is 57.6 Å². The number of fused-ring (bicyclic) bond motifs is 1. The second kappa shape index (κ2) is 15.1. The summed E-state index contributed by atoms with van der Waals surface area (Å²) in [5, 5.41) is 7.39. The van der Waals surface area contributed by atoms with Gasteiger partial charge in [-0.1, -0.05) is 40.3 Å². The molecule has 254 valence electrons. The number of nitrogens with zero attached hydrogens (tertiary/aromatic N) is 7. The molecule has 0 atom stereocenters. The van der Waals surface area contributed by atoms with E-state index in [9.17, 15) is 0 Å². The van der Waals surface area contributed by atoms with E-state index in [1.165, 1.54) is 37.2 Å². The van der Waals surface area contributed by atoms with Crippen LogP contribution >= 0.6 is 11.8 Å². The maximum absolute atomic E-state index is 5.97. The van der Waals surface area contributed by atoms with Crippen LogP contribution in [-0.2, 0) is 0 Å². The number of hydrogen-bond acceptors (Lipinski definition) is 11. The minimum absolute atomic E-state index is 0.330. The lowest BCUT2D eigenvalue weighted by molar-refractivity contribution is 0.0982. The minimum Gasteiger partial charge on any atom is -0.494 e. The van der Waals surface area contributed by atoms with Crippen molar-refractivity contribution in [3.05, 3.63) is 60.6 Å². The number of ether oxygens (including phenoxy) is 1. The summed E-state index contributed by atoms with van der Waals surface area (Å²) in [4.78, 5) is 27.5. The smallest absolute Gasteiger partial charge is 0.229 e. The van der Waals surface area contributed by atoms with Gasteiger partial charge < -0.3 is 25.2 Å². The van der Waals surface area contributed by atoms with Gasteiger partial charge in [0, 0.05) is 86.5 Å². The molecule has 2 aliphatic rings. The molecule has 48 heavy (non-hydrogen) atoms. The Balaban J connectivity index is 1.25. The normalized spacial score (nSPS) is 16.5. The molecule has 4 heterocycles. The lowest BCUT2D eigenvalue weighted by Gasteiger charge is -2.43. The largest absolute Gasteiger partial charge is 0.494 e. The summed E-state index contributed by atoms with van der Waals surface area (Å²) >= 11 is 1.75. The van der Waals surface area contributed by atoms with Crippen LogP contribution in [0.15, 0.2) is 54.3 Å². The fraction of sp³-hybridized carbons (Fsp3) is 0.459. The van der Waals surface area contributed by atoms with Crippen LogP contribution in [0.3, 0.4) is 0 Å². The van der Waals surface area contributed by atoms with Crippen LogP contribution in [0.2, 0.25) is 0 Å². The highest BCUT2D eigenvalue weighted by molar-refractivity contribution is 8.00. The topological polar surface area (TPSA) is 94.6 Å². The third kappa shape index (κ3) is 7.53. The minimum atomic E-state index is 0.330. The monoisotopic (exact) mass is 667 g/mol. The number of hydrogen-bond donors (Lipinski definition) is 2. The predicted molar refractivity (Wildman–Crippen MR) is 201 cm³/mol. The summed E-state index contributed by atoms with van der Waals surface area (Å²) in [6, 6.07) is 9.09. The molecule has 2 fully saturated rings. The van der Waals surface area contributed by atoms with Crippen molar-refractivity contribution in [2.24, 2.45) is 0 Å². The molecule has 10 nitrogen and oxygen atoms in total. The number of rotatable bonds is 11. The molecule has 0 aliphatic carbocycles. The summed E-state index contributed by atoms with van der Waals surface area (Å²) in [5.41, 5.74) is 6.81. The molecule has 0 unspecified atom stereocenters. The second-order valence-electron chi connectivity index (χ2n) is 13.3. The van der Waals surface area contributed by atoms with Crippen LogP contribution in [0.5, 0.6) is 5.75 Å². The van der Waals surface area contributed by atoms with Crippen LogP contribution in [0.25, 0.3) is 17.1 Å². The molecule has 2 saturated heterocycles. The summed E-state index contributed by atoms with van der Waals surface area (Å²) in [6.45, 7) is 19.6. The van der Waals surface area contributed by atoms with Crippen molar-refractivity contribution in [2.75, 3.05) is 69.0 Å². The highest BCUT2D eigenvalue weighted by Gasteiger charge is 2.28. The molecule has 2 N–H and O–H groups in total. The van der Waals surface area contributed by atoms with Gasteiger partial charge in [0.2, 0.25) is 5.95 Å². The molecule has 11 heteroatoms. The Labute approximate surface area is 289 Å². The third-order valence-corrected chi connectivity index (χ3v) is 10.4. The van der Waals surface area contributed by atoms with Crippen molar-refractivity contribution < 1.29 is 4.74 Å². The van der Waals surface area contributed by atoms with E-state index in [1.807, 2.05) is 12.1 Å². The average molecular weight is 668 g/mol. The predicted octanol–water partition coefficient (Wildman–Crippen LogP) is 7.40. The Bertz CT molecular complexity index is 1730. The van der Waals surface area contributed by atoms with Gasteiger partial charge in [0.1, 0.15) is 17.1 Å². The molecular formula is C37H49N9OS. The van der Waals surface area contributed by atoms with Gasteiger partial charge >= 0.3 is 0 Å². The summed E-state index contributed by atoms with van der Waals surface area (Å²) in [7, 11) is 3.95. The van der Waals surface area contributed by atoms with Gasteiger partial charge in [-0.3, -0.25) is 14.9 Å². The van der Waals surface area contributed by atoms with Crippen molar-refractivity contribution in [3.8, 4) is 5.75 Å². The van der Waals surface area contributed by atoms with Crippen molar-refractivity contribution in [1.29, 1.82) is 0 Å². The first-order valence-electron chi connectivity index (χ1n) is 17.1.